The van der Waals surface area contributed by atoms with Gasteiger partial charge >= 0.3 is 0 Å². The number of benzene rings is 1. The quantitative estimate of drug-likeness (QED) is 0.920. The molecule has 3 nitrogen and oxygen atoms in total. The number of halogens is 1. The summed E-state index contributed by atoms with van der Waals surface area (Å²) in [4.78, 5) is 5.02. The van der Waals surface area contributed by atoms with E-state index in [0.717, 1.165) is 30.9 Å². The molecular formula is C17H26FN3. The summed E-state index contributed by atoms with van der Waals surface area (Å²) in [5.74, 6) is -0.0884. The summed E-state index contributed by atoms with van der Waals surface area (Å²) in [5.41, 5.74) is 1.90. The van der Waals surface area contributed by atoms with E-state index in [4.69, 9.17) is 0 Å². The monoisotopic (exact) mass is 291 g/mol. The van der Waals surface area contributed by atoms with Crippen LogP contribution in [-0.4, -0.2) is 43.2 Å². The molecule has 1 aromatic carbocycles. The number of anilines is 1. The van der Waals surface area contributed by atoms with Gasteiger partial charge in [-0.05, 0) is 45.0 Å². The topological polar surface area (TPSA) is 18.5 Å². The van der Waals surface area contributed by atoms with E-state index in [0.29, 0.717) is 18.6 Å². The zero-order chi connectivity index (χ0) is 14.8. The molecule has 2 unspecified atom stereocenters. The van der Waals surface area contributed by atoms with E-state index in [1.807, 2.05) is 6.07 Å². The first kappa shape index (κ1) is 14.8. The molecule has 2 fully saturated rings. The molecule has 2 aliphatic rings. The van der Waals surface area contributed by atoms with Gasteiger partial charge in [0, 0.05) is 43.0 Å². The Morgan fingerprint density at radius 2 is 2.19 bits per heavy atom. The Morgan fingerprint density at radius 3 is 3.00 bits per heavy atom. The third-order valence-corrected chi connectivity index (χ3v) is 4.89. The van der Waals surface area contributed by atoms with E-state index in [-0.39, 0.29) is 5.82 Å². The van der Waals surface area contributed by atoms with Crippen molar-refractivity contribution in [1.82, 2.24) is 10.2 Å². The second kappa shape index (κ2) is 6.32. The lowest BCUT2D eigenvalue weighted by atomic mass is 10.0. The fourth-order valence-electron chi connectivity index (χ4n) is 3.76. The first-order chi connectivity index (χ1) is 10.2. The lowest BCUT2D eigenvalue weighted by Crippen LogP contribution is -2.55. The van der Waals surface area contributed by atoms with Crippen LogP contribution in [0, 0.1) is 5.82 Å². The third-order valence-electron chi connectivity index (χ3n) is 4.89. The predicted molar refractivity (Wildman–Crippen MR) is 85.2 cm³/mol. The van der Waals surface area contributed by atoms with E-state index >= 15 is 0 Å². The Kier molecular flexibility index (Phi) is 4.45. The van der Waals surface area contributed by atoms with Gasteiger partial charge in [-0.25, -0.2) is 4.39 Å². The van der Waals surface area contributed by atoms with Gasteiger partial charge in [0.2, 0.25) is 0 Å². The van der Waals surface area contributed by atoms with Crippen molar-refractivity contribution in [3.8, 4) is 0 Å². The minimum absolute atomic E-state index is 0.0884. The van der Waals surface area contributed by atoms with Crippen LogP contribution in [0.4, 0.5) is 10.1 Å². The second-order valence-corrected chi connectivity index (χ2v) is 6.31. The van der Waals surface area contributed by atoms with Gasteiger partial charge in [-0.2, -0.15) is 0 Å². The highest BCUT2D eigenvalue weighted by Gasteiger charge is 2.35. The summed E-state index contributed by atoms with van der Waals surface area (Å²) in [6, 6.07) is 6.59. The van der Waals surface area contributed by atoms with E-state index in [1.54, 1.807) is 6.07 Å². The Morgan fingerprint density at radius 1 is 1.33 bits per heavy atom. The highest BCUT2D eigenvalue weighted by molar-refractivity contribution is 5.55. The lowest BCUT2D eigenvalue weighted by molar-refractivity contribution is 0.202. The average Bonchev–Trinajstić information content (AvgIpc) is 2.92. The second-order valence-electron chi connectivity index (χ2n) is 6.31. The van der Waals surface area contributed by atoms with Crippen molar-refractivity contribution >= 4 is 5.69 Å². The number of piperazine rings is 1. The van der Waals surface area contributed by atoms with Gasteiger partial charge in [-0.3, -0.25) is 4.90 Å². The Hall–Kier alpha value is -1.13. The van der Waals surface area contributed by atoms with Gasteiger partial charge in [0.05, 0.1) is 0 Å². The third kappa shape index (κ3) is 2.92. The molecule has 2 aliphatic heterocycles. The molecule has 0 aromatic heterocycles. The van der Waals surface area contributed by atoms with Crippen LogP contribution >= 0.6 is 0 Å². The number of hydrogen-bond donors (Lipinski definition) is 1. The van der Waals surface area contributed by atoms with E-state index < -0.39 is 0 Å². The molecule has 2 saturated heterocycles. The molecule has 21 heavy (non-hydrogen) atoms. The highest BCUT2D eigenvalue weighted by atomic mass is 19.1. The summed E-state index contributed by atoms with van der Waals surface area (Å²) >= 11 is 0. The van der Waals surface area contributed by atoms with Crippen molar-refractivity contribution in [1.29, 1.82) is 0 Å². The number of nitrogens with zero attached hydrogens (tertiary/aromatic N) is 2. The minimum Gasteiger partial charge on any atom is -0.366 e. The number of nitrogens with one attached hydrogen (secondary N) is 1. The summed E-state index contributed by atoms with van der Waals surface area (Å²) in [6.07, 6.45) is 2.58. The van der Waals surface area contributed by atoms with Crippen LogP contribution in [0.25, 0.3) is 0 Å². The van der Waals surface area contributed by atoms with Crippen molar-refractivity contribution in [2.24, 2.45) is 0 Å². The highest BCUT2D eigenvalue weighted by Crippen LogP contribution is 2.31. The molecule has 4 heteroatoms. The molecule has 1 aromatic rings. The number of hydrogen-bond acceptors (Lipinski definition) is 3. The van der Waals surface area contributed by atoms with Crippen LogP contribution in [0.15, 0.2) is 18.2 Å². The number of rotatable bonds is 4. The Balaban J connectivity index is 1.86. The molecule has 0 spiro atoms. The molecule has 0 bridgehead atoms. The van der Waals surface area contributed by atoms with E-state index in [1.165, 1.54) is 19.4 Å². The largest absolute Gasteiger partial charge is 0.366 e. The van der Waals surface area contributed by atoms with Gasteiger partial charge in [-0.15, -0.1) is 0 Å². The van der Waals surface area contributed by atoms with Gasteiger partial charge in [0.1, 0.15) is 5.82 Å². The van der Waals surface area contributed by atoms with Gasteiger partial charge in [0.15, 0.2) is 0 Å². The zero-order valence-electron chi connectivity index (χ0n) is 13.1. The molecule has 1 N–H and O–H groups in total. The fraction of sp³-hybridized carbons (Fsp3) is 0.647. The van der Waals surface area contributed by atoms with Crippen LogP contribution in [0.1, 0.15) is 32.3 Å². The predicted octanol–water partition coefficient (Wildman–Crippen LogP) is 2.61. The van der Waals surface area contributed by atoms with Gasteiger partial charge in [-0.1, -0.05) is 13.0 Å². The molecule has 2 heterocycles. The summed E-state index contributed by atoms with van der Waals surface area (Å²) in [7, 11) is 0. The maximum Gasteiger partial charge on any atom is 0.129 e. The van der Waals surface area contributed by atoms with Crippen molar-refractivity contribution < 1.29 is 4.39 Å². The molecule has 2 atom stereocenters. The normalized spacial score (nSPS) is 26.1. The fourth-order valence-corrected chi connectivity index (χ4v) is 3.76. The van der Waals surface area contributed by atoms with Crippen molar-refractivity contribution in [2.75, 3.05) is 31.1 Å². The molecule has 0 radical (unpaired) electrons. The Labute approximate surface area is 127 Å². The van der Waals surface area contributed by atoms with Crippen LogP contribution in [0.3, 0.4) is 0 Å². The van der Waals surface area contributed by atoms with Gasteiger partial charge < -0.3 is 10.2 Å². The molecular weight excluding hydrogens is 265 g/mol. The first-order valence-corrected chi connectivity index (χ1v) is 8.19. The smallest absolute Gasteiger partial charge is 0.129 e. The number of fused-ring (bicyclic) bond motifs is 1. The summed E-state index contributed by atoms with van der Waals surface area (Å²) < 4.78 is 14.2. The molecule has 0 saturated carbocycles. The van der Waals surface area contributed by atoms with E-state index in [2.05, 4.69) is 35.0 Å². The maximum absolute atomic E-state index is 14.2. The molecule has 3 rings (SSSR count). The molecule has 0 aliphatic carbocycles. The van der Waals surface area contributed by atoms with Crippen molar-refractivity contribution in [3.63, 3.8) is 0 Å². The molecule has 116 valence electrons. The average molecular weight is 291 g/mol. The molecule has 0 amide bonds. The van der Waals surface area contributed by atoms with Crippen molar-refractivity contribution in [3.05, 3.63) is 29.6 Å². The lowest BCUT2D eigenvalue weighted by Gasteiger charge is -2.44. The van der Waals surface area contributed by atoms with Crippen molar-refractivity contribution in [2.45, 2.75) is 45.3 Å². The standard InChI is InChI=1S/C17H26FN3/c1-3-19-10-15-16(18)7-4-8-17(15)21-12-14-6-5-9-20(14)11-13(21)2/h4,7-8,13-14,19H,3,5-6,9-12H2,1-2H3. The maximum atomic E-state index is 14.2. The van der Waals surface area contributed by atoms with Crippen LogP contribution in [-0.2, 0) is 6.54 Å². The van der Waals surface area contributed by atoms with Crippen LogP contribution < -0.4 is 10.2 Å². The minimum atomic E-state index is -0.0884. The SMILES string of the molecule is CCNCc1c(F)cccc1N1CC2CCCN2CC1C. The van der Waals surface area contributed by atoms with E-state index in [9.17, 15) is 4.39 Å². The first-order valence-electron chi connectivity index (χ1n) is 8.19. The van der Waals surface area contributed by atoms with Gasteiger partial charge in [0.25, 0.3) is 0 Å². The zero-order valence-corrected chi connectivity index (χ0v) is 13.1. The summed E-state index contributed by atoms with van der Waals surface area (Å²) in [5, 5.41) is 3.27. The van der Waals surface area contributed by atoms with Crippen LogP contribution in [0.2, 0.25) is 0 Å². The van der Waals surface area contributed by atoms with Crippen LogP contribution in [0.5, 0.6) is 0 Å². The summed E-state index contributed by atoms with van der Waals surface area (Å²) in [6.45, 7) is 9.15. The Bertz CT molecular complexity index is 491.